The molecule has 0 N–H and O–H groups in total. The molecule has 0 aliphatic carbocycles. The van der Waals surface area contributed by atoms with Crippen molar-refractivity contribution >= 4 is 13.3 Å². The molecular weight excluding hydrogens is 351 g/mol. The lowest BCUT2D eigenvalue weighted by Crippen LogP contribution is -3.00. The smallest absolute Gasteiger partial charge is 0.0635 e. The van der Waals surface area contributed by atoms with E-state index in [0.717, 1.165) is 0 Å². The first-order chi connectivity index (χ1) is 10.3. The molecule has 22 heavy (non-hydrogen) atoms. The Bertz CT molecular complexity index is 364. The van der Waals surface area contributed by atoms with E-state index in [1.165, 1.54) is 62.6 Å². The van der Waals surface area contributed by atoms with Crippen molar-refractivity contribution in [3.8, 4) is 0 Å². The van der Waals surface area contributed by atoms with Crippen molar-refractivity contribution in [2.24, 2.45) is 0 Å². The van der Waals surface area contributed by atoms with Crippen LogP contribution >= 0.6 is 7.26 Å². The molecule has 0 heterocycles. The predicted molar refractivity (Wildman–Crippen MR) is 102 cm³/mol. The highest BCUT2D eigenvalue weighted by atomic mass is 79.9. The Morgan fingerprint density at radius 2 is 1.23 bits per heavy atom. The minimum Gasteiger partial charge on any atom is -1.00 e. The highest BCUT2D eigenvalue weighted by molar-refractivity contribution is 7.78. The molecule has 2 heteroatoms. The Morgan fingerprint density at radius 1 is 0.773 bits per heavy atom. The van der Waals surface area contributed by atoms with Crippen molar-refractivity contribution in [1.82, 2.24) is 0 Å². The SMILES string of the molecule is CCCC[P+](C=Cc1ccccc1)(CCCC)CCCC.[Br-]. The van der Waals surface area contributed by atoms with Gasteiger partial charge in [0.05, 0.1) is 24.3 Å². The number of hydrogen-bond donors (Lipinski definition) is 0. The number of rotatable bonds is 11. The van der Waals surface area contributed by atoms with E-state index in [4.69, 9.17) is 0 Å². The standard InChI is InChI=1S/C20H34P.BrH/c1-4-7-16-21(17-8-5-2,18-9-6-3)19-15-20-13-11-10-12-14-20;/h10-15,19H,4-9,16-18H2,1-3H3;1H/q+1;/p-1. The van der Waals surface area contributed by atoms with Crippen molar-refractivity contribution in [1.29, 1.82) is 0 Å². The van der Waals surface area contributed by atoms with Crippen LogP contribution in [0.15, 0.2) is 36.1 Å². The molecule has 0 saturated carbocycles. The molecule has 0 amide bonds. The first kappa shape index (κ1) is 21.9. The largest absolute Gasteiger partial charge is 1.00 e. The Balaban J connectivity index is 0.00000441. The number of hydrogen-bond acceptors (Lipinski definition) is 0. The summed E-state index contributed by atoms with van der Waals surface area (Å²) in [5, 5.41) is 0. The maximum absolute atomic E-state index is 2.66. The minimum absolute atomic E-state index is 0. The minimum atomic E-state index is -0.892. The third-order valence-corrected chi connectivity index (χ3v) is 8.66. The van der Waals surface area contributed by atoms with Gasteiger partial charge in [-0.25, -0.2) is 0 Å². The molecule has 0 aliphatic heterocycles. The highest BCUT2D eigenvalue weighted by Gasteiger charge is 2.32. The van der Waals surface area contributed by atoms with Gasteiger partial charge in [0.2, 0.25) is 0 Å². The topological polar surface area (TPSA) is 0 Å². The van der Waals surface area contributed by atoms with Crippen LogP contribution in [0.3, 0.4) is 0 Å². The van der Waals surface area contributed by atoms with Crippen molar-refractivity contribution in [3.63, 3.8) is 0 Å². The van der Waals surface area contributed by atoms with Crippen LogP contribution in [0.25, 0.3) is 6.08 Å². The normalized spacial score (nSPS) is 11.6. The highest BCUT2D eigenvalue weighted by Crippen LogP contribution is 2.62. The maximum atomic E-state index is 2.66. The quantitative estimate of drug-likeness (QED) is 0.504. The second kappa shape index (κ2) is 13.3. The van der Waals surface area contributed by atoms with Crippen LogP contribution in [0.2, 0.25) is 0 Å². The first-order valence-corrected chi connectivity index (χ1v) is 11.3. The molecule has 0 fully saturated rings. The molecule has 126 valence electrons. The second-order valence-electron chi connectivity index (χ2n) is 6.18. The zero-order chi connectivity index (χ0) is 15.4. The van der Waals surface area contributed by atoms with Crippen molar-refractivity contribution < 1.29 is 17.0 Å². The van der Waals surface area contributed by atoms with E-state index in [1.807, 2.05) is 0 Å². The Labute approximate surface area is 149 Å². The summed E-state index contributed by atoms with van der Waals surface area (Å²) in [7, 11) is -0.892. The molecule has 0 aliphatic rings. The van der Waals surface area contributed by atoms with Gasteiger partial charge in [-0.15, -0.1) is 0 Å². The van der Waals surface area contributed by atoms with Gasteiger partial charge in [-0.1, -0.05) is 70.4 Å². The summed E-state index contributed by atoms with van der Waals surface area (Å²) in [6, 6.07) is 10.8. The van der Waals surface area contributed by atoms with Gasteiger partial charge in [0.25, 0.3) is 0 Å². The average Bonchev–Trinajstić information content (AvgIpc) is 2.54. The van der Waals surface area contributed by atoms with E-state index in [1.54, 1.807) is 0 Å². The van der Waals surface area contributed by atoms with Crippen LogP contribution in [0.1, 0.15) is 64.9 Å². The number of unbranched alkanes of at least 4 members (excludes halogenated alkanes) is 3. The van der Waals surface area contributed by atoms with Gasteiger partial charge >= 0.3 is 0 Å². The summed E-state index contributed by atoms with van der Waals surface area (Å²) in [6.45, 7) is 6.99. The van der Waals surface area contributed by atoms with Gasteiger partial charge in [0, 0.05) is 7.26 Å². The fraction of sp³-hybridized carbons (Fsp3) is 0.600. The summed E-state index contributed by atoms with van der Waals surface area (Å²) in [4.78, 5) is 0. The number of halogens is 1. The number of benzene rings is 1. The molecule has 0 nitrogen and oxygen atoms in total. The van der Waals surface area contributed by atoms with Crippen LogP contribution in [0.5, 0.6) is 0 Å². The lowest BCUT2D eigenvalue weighted by atomic mass is 10.2. The third-order valence-electron chi connectivity index (χ3n) is 4.25. The second-order valence-corrected chi connectivity index (χ2v) is 10.3. The zero-order valence-corrected chi connectivity index (χ0v) is 17.2. The Hall–Kier alpha value is -0.130. The van der Waals surface area contributed by atoms with Crippen LogP contribution < -0.4 is 17.0 Å². The van der Waals surface area contributed by atoms with Gasteiger partial charge in [0.15, 0.2) is 0 Å². The van der Waals surface area contributed by atoms with E-state index in [-0.39, 0.29) is 17.0 Å². The molecule has 0 radical (unpaired) electrons. The molecule has 0 bridgehead atoms. The molecule has 0 atom stereocenters. The molecule has 1 rings (SSSR count). The lowest BCUT2D eigenvalue weighted by Gasteiger charge is -2.24. The molecule has 0 aromatic heterocycles. The fourth-order valence-corrected chi connectivity index (χ4v) is 7.23. The van der Waals surface area contributed by atoms with E-state index >= 15 is 0 Å². The van der Waals surface area contributed by atoms with E-state index < -0.39 is 7.26 Å². The van der Waals surface area contributed by atoms with Crippen LogP contribution in [0, 0.1) is 0 Å². The van der Waals surface area contributed by atoms with Gasteiger partial charge in [0.1, 0.15) is 0 Å². The third kappa shape index (κ3) is 8.49. The van der Waals surface area contributed by atoms with Gasteiger partial charge in [-0.05, 0) is 30.9 Å². The monoisotopic (exact) mass is 384 g/mol. The van der Waals surface area contributed by atoms with Crippen LogP contribution in [-0.2, 0) is 0 Å². The molecule has 1 aromatic rings. The van der Waals surface area contributed by atoms with Gasteiger partial charge in [-0.2, -0.15) is 0 Å². The van der Waals surface area contributed by atoms with Crippen molar-refractivity contribution in [2.75, 3.05) is 18.5 Å². The lowest BCUT2D eigenvalue weighted by molar-refractivity contribution is -0.00000459. The summed E-state index contributed by atoms with van der Waals surface area (Å²) in [5.41, 5.74) is 1.37. The van der Waals surface area contributed by atoms with Crippen molar-refractivity contribution in [3.05, 3.63) is 41.7 Å². The molecular formula is C20H34BrP. The summed E-state index contributed by atoms with van der Waals surface area (Å²) < 4.78 is 0. The van der Waals surface area contributed by atoms with E-state index in [0.29, 0.717) is 0 Å². The van der Waals surface area contributed by atoms with E-state index in [2.05, 4.69) is 63.0 Å². The first-order valence-electron chi connectivity index (χ1n) is 8.86. The Kier molecular flexibility index (Phi) is 13.2. The fourth-order valence-electron chi connectivity index (χ4n) is 2.79. The Morgan fingerprint density at radius 3 is 1.64 bits per heavy atom. The summed E-state index contributed by atoms with van der Waals surface area (Å²) in [6.07, 6.45) is 15.0. The molecule has 1 aromatic carbocycles. The molecule has 0 saturated heterocycles. The average molecular weight is 385 g/mol. The van der Waals surface area contributed by atoms with Crippen LogP contribution in [0.4, 0.5) is 0 Å². The molecule has 0 unspecified atom stereocenters. The predicted octanol–water partition coefficient (Wildman–Crippen LogP) is 4.08. The van der Waals surface area contributed by atoms with Gasteiger partial charge in [-0.3, -0.25) is 0 Å². The summed E-state index contributed by atoms with van der Waals surface area (Å²) >= 11 is 0. The van der Waals surface area contributed by atoms with Crippen LogP contribution in [-0.4, -0.2) is 18.5 Å². The summed E-state index contributed by atoms with van der Waals surface area (Å²) in [5.74, 6) is 2.66. The van der Waals surface area contributed by atoms with E-state index in [9.17, 15) is 0 Å². The maximum Gasteiger partial charge on any atom is 0.0635 e. The van der Waals surface area contributed by atoms with Crippen molar-refractivity contribution in [2.45, 2.75) is 59.3 Å². The zero-order valence-electron chi connectivity index (χ0n) is 14.7. The van der Waals surface area contributed by atoms with Gasteiger partial charge < -0.3 is 17.0 Å². The molecule has 0 spiro atoms.